The summed E-state index contributed by atoms with van der Waals surface area (Å²) >= 11 is 0. The van der Waals surface area contributed by atoms with Gasteiger partial charge >= 0.3 is 0 Å². The molecule has 0 spiro atoms. The third kappa shape index (κ3) is 3.93. The quantitative estimate of drug-likeness (QED) is 0.715. The lowest BCUT2D eigenvalue weighted by atomic mass is 10.1. The van der Waals surface area contributed by atoms with Crippen LogP contribution in [0.5, 0.6) is 0 Å². The van der Waals surface area contributed by atoms with Gasteiger partial charge in [0.05, 0.1) is 19.3 Å². The molecule has 1 fully saturated rings. The van der Waals surface area contributed by atoms with Gasteiger partial charge in [-0.05, 0) is 37.8 Å². The minimum atomic E-state index is 0.348. The van der Waals surface area contributed by atoms with E-state index in [0.29, 0.717) is 6.10 Å². The average molecular weight is 211 g/mol. The van der Waals surface area contributed by atoms with Crippen molar-refractivity contribution in [2.24, 2.45) is 0 Å². The molecule has 0 amide bonds. The fraction of sp³-hybridized carbons (Fsp3) is 0.833. The maximum Gasteiger partial charge on any atom is 0.0808 e. The molecule has 0 aromatic heterocycles. The Bertz CT molecular complexity index is 210. The van der Waals surface area contributed by atoms with Crippen LogP contribution in [0.2, 0.25) is 0 Å². The van der Waals surface area contributed by atoms with Crippen LogP contribution in [0.4, 0.5) is 0 Å². The Hall–Kier alpha value is -0.380. The van der Waals surface area contributed by atoms with Gasteiger partial charge in [-0.3, -0.25) is 0 Å². The van der Waals surface area contributed by atoms with Crippen LogP contribution < -0.4 is 5.32 Å². The molecule has 15 heavy (non-hydrogen) atoms. The van der Waals surface area contributed by atoms with E-state index in [1.807, 2.05) is 0 Å². The summed E-state index contributed by atoms with van der Waals surface area (Å²) in [4.78, 5) is 0. The number of hydrogen-bond acceptors (Lipinski definition) is 3. The van der Waals surface area contributed by atoms with E-state index in [1.165, 1.54) is 24.8 Å². The number of hydrogen-bond donors (Lipinski definition) is 1. The molecule has 1 unspecified atom stereocenters. The van der Waals surface area contributed by atoms with Crippen molar-refractivity contribution in [1.29, 1.82) is 0 Å². The first kappa shape index (κ1) is 11.1. The van der Waals surface area contributed by atoms with Crippen molar-refractivity contribution in [1.82, 2.24) is 5.32 Å². The van der Waals surface area contributed by atoms with E-state index in [0.717, 1.165) is 39.3 Å². The monoisotopic (exact) mass is 211 g/mol. The lowest BCUT2D eigenvalue weighted by Crippen LogP contribution is -2.26. The van der Waals surface area contributed by atoms with Gasteiger partial charge in [0.2, 0.25) is 0 Å². The highest BCUT2D eigenvalue weighted by molar-refractivity contribution is 5.06. The van der Waals surface area contributed by atoms with E-state index in [9.17, 15) is 0 Å². The van der Waals surface area contributed by atoms with Crippen molar-refractivity contribution < 1.29 is 9.47 Å². The van der Waals surface area contributed by atoms with E-state index in [4.69, 9.17) is 9.47 Å². The first-order valence-corrected chi connectivity index (χ1v) is 6.03. The first-order valence-electron chi connectivity index (χ1n) is 6.03. The van der Waals surface area contributed by atoms with Gasteiger partial charge in [-0.15, -0.1) is 0 Å². The highest BCUT2D eigenvalue weighted by Crippen LogP contribution is 2.13. The molecule has 0 aromatic rings. The first-order chi connectivity index (χ1) is 7.45. The molecule has 1 atom stereocenters. The van der Waals surface area contributed by atoms with Crippen LogP contribution in [0.3, 0.4) is 0 Å². The molecule has 2 aliphatic heterocycles. The van der Waals surface area contributed by atoms with E-state index in [1.54, 1.807) is 0 Å². The highest BCUT2D eigenvalue weighted by Gasteiger charge is 2.14. The van der Waals surface area contributed by atoms with Crippen molar-refractivity contribution in [2.75, 3.05) is 32.9 Å². The van der Waals surface area contributed by atoms with E-state index in [2.05, 4.69) is 11.4 Å². The minimum absolute atomic E-state index is 0.348. The Labute approximate surface area is 91.8 Å². The van der Waals surface area contributed by atoms with Crippen molar-refractivity contribution in [2.45, 2.75) is 31.8 Å². The van der Waals surface area contributed by atoms with Crippen LogP contribution in [0.15, 0.2) is 11.6 Å². The van der Waals surface area contributed by atoms with Crippen LogP contribution in [0.1, 0.15) is 25.7 Å². The summed E-state index contributed by atoms with van der Waals surface area (Å²) in [5.74, 6) is 0. The van der Waals surface area contributed by atoms with Crippen molar-refractivity contribution in [3.05, 3.63) is 11.6 Å². The zero-order valence-electron chi connectivity index (χ0n) is 9.34. The second-order valence-corrected chi connectivity index (χ2v) is 4.32. The Morgan fingerprint density at radius 3 is 3.20 bits per heavy atom. The topological polar surface area (TPSA) is 30.5 Å². The van der Waals surface area contributed by atoms with Crippen LogP contribution in [0, 0.1) is 0 Å². The molecular weight excluding hydrogens is 190 g/mol. The zero-order valence-corrected chi connectivity index (χ0v) is 9.34. The largest absolute Gasteiger partial charge is 0.376 e. The van der Waals surface area contributed by atoms with E-state index in [-0.39, 0.29) is 0 Å². The Morgan fingerprint density at radius 2 is 2.47 bits per heavy atom. The number of nitrogens with one attached hydrogen (secondary N) is 1. The second-order valence-electron chi connectivity index (χ2n) is 4.32. The predicted octanol–water partition coefficient (Wildman–Crippen LogP) is 1.49. The highest BCUT2D eigenvalue weighted by atomic mass is 16.5. The Morgan fingerprint density at radius 1 is 1.47 bits per heavy atom. The van der Waals surface area contributed by atoms with Gasteiger partial charge in [0.1, 0.15) is 0 Å². The summed E-state index contributed by atoms with van der Waals surface area (Å²) in [6.45, 7) is 4.57. The zero-order chi connectivity index (χ0) is 10.3. The standard InChI is InChI=1S/C12H21NO2/c1-2-8-15-12(3-1)10-14-9-11-4-6-13-7-5-11/h4,12-13H,1-3,5-10H2. The van der Waals surface area contributed by atoms with Gasteiger partial charge in [0, 0.05) is 13.2 Å². The summed E-state index contributed by atoms with van der Waals surface area (Å²) in [5, 5.41) is 3.30. The molecule has 3 nitrogen and oxygen atoms in total. The van der Waals surface area contributed by atoms with Crippen LogP contribution in [-0.2, 0) is 9.47 Å². The summed E-state index contributed by atoms with van der Waals surface area (Å²) in [5.41, 5.74) is 1.43. The Kier molecular flexibility index (Phi) is 4.64. The summed E-state index contributed by atoms with van der Waals surface area (Å²) in [7, 11) is 0. The van der Waals surface area contributed by atoms with Crippen LogP contribution in [-0.4, -0.2) is 39.0 Å². The summed E-state index contributed by atoms with van der Waals surface area (Å²) in [6.07, 6.45) is 7.40. The molecule has 3 heteroatoms. The predicted molar refractivity (Wildman–Crippen MR) is 60.0 cm³/mol. The molecule has 1 N–H and O–H groups in total. The van der Waals surface area contributed by atoms with Gasteiger partial charge in [-0.25, -0.2) is 0 Å². The summed E-state index contributed by atoms with van der Waals surface area (Å²) in [6, 6.07) is 0. The molecule has 1 saturated heterocycles. The SMILES string of the molecule is C1=C(COCC2CCCCO2)CCNC1. The fourth-order valence-electron chi connectivity index (χ4n) is 2.06. The summed E-state index contributed by atoms with van der Waals surface area (Å²) < 4.78 is 11.3. The van der Waals surface area contributed by atoms with Crippen LogP contribution in [0.25, 0.3) is 0 Å². The lowest BCUT2D eigenvalue weighted by Gasteiger charge is -2.23. The smallest absolute Gasteiger partial charge is 0.0808 e. The molecule has 0 saturated carbocycles. The van der Waals surface area contributed by atoms with Gasteiger partial charge in [0.15, 0.2) is 0 Å². The Balaban J connectivity index is 1.59. The third-order valence-electron chi connectivity index (χ3n) is 3.02. The van der Waals surface area contributed by atoms with Crippen molar-refractivity contribution in [3.63, 3.8) is 0 Å². The molecule has 0 aromatic carbocycles. The maximum atomic E-state index is 5.69. The van der Waals surface area contributed by atoms with Crippen molar-refractivity contribution in [3.8, 4) is 0 Å². The van der Waals surface area contributed by atoms with Crippen LogP contribution >= 0.6 is 0 Å². The van der Waals surface area contributed by atoms with E-state index >= 15 is 0 Å². The minimum Gasteiger partial charge on any atom is -0.376 e. The van der Waals surface area contributed by atoms with Gasteiger partial charge < -0.3 is 14.8 Å². The second kappa shape index (κ2) is 6.26. The normalized spacial score (nSPS) is 27.5. The molecule has 0 bridgehead atoms. The third-order valence-corrected chi connectivity index (χ3v) is 3.02. The maximum absolute atomic E-state index is 5.69. The fourth-order valence-corrected chi connectivity index (χ4v) is 2.06. The molecular formula is C12H21NO2. The van der Waals surface area contributed by atoms with E-state index < -0.39 is 0 Å². The molecule has 0 radical (unpaired) electrons. The number of rotatable bonds is 4. The molecule has 86 valence electrons. The molecule has 2 heterocycles. The lowest BCUT2D eigenvalue weighted by molar-refractivity contribution is -0.0367. The van der Waals surface area contributed by atoms with Gasteiger partial charge in [-0.1, -0.05) is 6.08 Å². The van der Waals surface area contributed by atoms with Gasteiger partial charge in [0.25, 0.3) is 0 Å². The van der Waals surface area contributed by atoms with Crippen molar-refractivity contribution >= 4 is 0 Å². The molecule has 2 aliphatic rings. The average Bonchev–Trinajstić information content (AvgIpc) is 2.32. The molecule has 2 rings (SSSR count). The number of ether oxygens (including phenoxy) is 2. The van der Waals surface area contributed by atoms with Gasteiger partial charge in [-0.2, -0.15) is 0 Å². The molecule has 0 aliphatic carbocycles.